The van der Waals surface area contributed by atoms with Gasteiger partial charge in [0.25, 0.3) is 0 Å². The van der Waals surface area contributed by atoms with Gasteiger partial charge in [-0.3, -0.25) is 4.79 Å². The van der Waals surface area contributed by atoms with Crippen LogP contribution in [0.3, 0.4) is 0 Å². The van der Waals surface area contributed by atoms with E-state index in [1.807, 2.05) is 12.1 Å². The topological polar surface area (TPSA) is 55.1 Å². The maximum Gasteiger partial charge on any atom is 0.221 e. The van der Waals surface area contributed by atoms with Crippen LogP contribution in [0.15, 0.2) is 24.3 Å². The predicted octanol–water partition coefficient (Wildman–Crippen LogP) is 1.74. The number of aryl methyl sites for hydroxylation is 1. The van der Waals surface area contributed by atoms with E-state index in [9.17, 15) is 4.79 Å². The predicted molar refractivity (Wildman–Crippen MR) is 70.9 cm³/mol. The molecule has 0 heterocycles. The SMILES string of the molecule is Cc1ccccc1C(C)(C)CNC(=O)CCN. The minimum atomic E-state index is -0.0599. The molecule has 1 aromatic carbocycles. The Kier molecular flexibility index (Phi) is 4.70. The first-order valence-corrected chi connectivity index (χ1v) is 6.00. The molecule has 0 atom stereocenters. The Labute approximate surface area is 103 Å². The van der Waals surface area contributed by atoms with Gasteiger partial charge in [0.05, 0.1) is 0 Å². The van der Waals surface area contributed by atoms with Gasteiger partial charge in [-0.1, -0.05) is 38.1 Å². The first-order chi connectivity index (χ1) is 7.97. The number of hydrogen-bond acceptors (Lipinski definition) is 2. The molecule has 1 aromatic rings. The summed E-state index contributed by atoms with van der Waals surface area (Å²) in [7, 11) is 0. The van der Waals surface area contributed by atoms with Crippen molar-refractivity contribution in [1.82, 2.24) is 5.32 Å². The number of carbonyl (C=O) groups is 1. The molecule has 0 aliphatic heterocycles. The molecule has 0 aliphatic rings. The van der Waals surface area contributed by atoms with Gasteiger partial charge in [-0.05, 0) is 18.1 Å². The Bertz CT molecular complexity index is 386. The zero-order chi connectivity index (χ0) is 12.9. The van der Waals surface area contributed by atoms with Gasteiger partial charge in [0.1, 0.15) is 0 Å². The third kappa shape index (κ3) is 3.86. The Hall–Kier alpha value is -1.35. The van der Waals surface area contributed by atoms with E-state index in [1.165, 1.54) is 11.1 Å². The zero-order valence-electron chi connectivity index (χ0n) is 10.9. The highest BCUT2D eigenvalue weighted by Crippen LogP contribution is 2.25. The van der Waals surface area contributed by atoms with Crippen LogP contribution in [0.1, 0.15) is 31.4 Å². The Balaban J connectivity index is 2.69. The first kappa shape index (κ1) is 13.7. The third-order valence-electron chi connectivity index (χ3n) is 2.97. The lowest BCUT2D eigenvalue weighted by molar-refractivity contribution is -0.121. The maximum absolute atomic E-state index is 11.4. The lowest BCUT2D eigenvalue weighted by Crippen LogP contribution is -2.37. The molecule has 0 spiro atoms. The van der Waals surface area contributed by atoms with E-state index in [2.05, 4.69) is 38.2 Å². The van der Waals surface area contributed by atoms with Gasteiger partial charge in [-0.15, -0.1) is 0 Å². The highest BCUT2D eigenvalue weighted by atomic mass is 16.1. The lowest BCUT2D eigenvalue weighted by atomic mass is 9.82. The van der Waals surface area contributed by atoms with Gasteiger partial charge in [0, 0.05) is 24.9 Å². The van der Waals surface area contributed by atoms with Crippen LogP contribution in [0.25, 0.3) is 0 Å². The molecule has 17 heavy (non-hydrogen) atoms. The summed E-state index contributed by atoms with van der Waals surface area (Å²) in [4.78, 5) is 11.4. The summed E-state index contributed by atoms with van der Waals surface area (Å²) in [5.41, 5.74) is 7.81. The first-order valence-electron chi connectivity index (χ1n) is 6.00. The summed E-state index contributed by atoms with van der Waals surface area (Å²) in [5.74, 6) is 0.0224. The Morgan fingerprint density at radius 1 is 1.35 bits per heavy atom. The Morgan fingerprint density at radius 3 is 2.59 bits per heavy atom. The van der Waals surface area contributed by atoms with Crippen LogP contribution < -0.4 is 11.1 Å². The molecule has 0 aliphatic carbocycles. The molecule has 0 fully saturated rings. The highest BCUT2D eigenvalue weighted by Gasteiger charge is 2.22. The van der Waals surface area contributed by atoms with E-state index in [0.717, 1.165) is 0 Å². The molecular weight excluding hydrogens is 212 g/mol. The van der Waals surface area contributed by atoms with Crippen molar-refractivity contribution in [1.29, 1.82) is 0 Å². The summed E-state index contributed by atoms with van der Waals surface area (Å²) < 4.78 is 0. The molecular formula is C14H22N2O. The zero-order valence-corrected chi connectivity index (χ0v) is 10.9. The standard InChI is InChI=1S/C14H22N2O/c1-11-6-4-5-7-12(11)14(2,3)10-16-13(17)8-9-15/h4-7H,8-10,15H2,1-3H3,(H,16,17). The summed E-state index contributed by atoms with van der Waals surface area (Å²) in [5, 5.41) is 2.93. The molecule has 0 bridgehead atoms. The number of rotatable bonds is 5. The number of nitrogens with one attached hydrogen (secondary N) is 1. The summed E-state index contributed by atoms with van der Waals surface area (Å²) in [6, 6.07) is 8.27. The van der Waals surface area contributed by atoms with Crippen molar-refractivity contribution in [2.75, 3.05) is 13.1 Å². The average Bonchev–Trinajstić information content (AvgIpc) is 2.27. The molecule has 0 unspecified atom stereocenters. The van der Waals surface area contributed by atoms with E-state index in [0.29, 0.717) is 19.5 Å². The average molecular weight is 234 g/mol. The number of benzene rings is 1. The van der Waals surface area contributed by atoms with Crippen molar-refractivity contribution < 1.29 is 4.79 Å². The van der Waals surface area contributed by atoms with Crippen LogP contribution in [0.2, 0.25) is 0 Å². The maximum atomic E-state index is 11.4. The number of hydrogen-bond donors (Lipinski definition) is 2. The molecule has 0 aromatic heterocycles. The van der Waals surface area contributed by atoms with Crippen LogP contribution in [0, 0.1) is 6.92 Å². The fourth-order valence-corrected chi connectivity index (χ4v) is 1.97. The van der Waals surface area contributed by atoms with E-state index >= 15 is 0 Å². The van der Waals surface area contributed by atoms with Crippen molar-refractivity contribution >= 4 is 5.91 Å². The van der Waals surface area contributed by atoms with Gasteiger partial charge < -0.3 is 11.1 Å². The second-order valence-electron chi connectivity index (χ2n) is 5.01. The molecule has 0 saturated carbocycles. The second-order valence-corrected chi connectivity index (χ2v) is 5.01. The van der Waals surface area contributed by atoms with Gasteiger partial charge in [-0.25, -0.2) is 0 Å². The number of amides is 1. The molecule has 3 heteroatoms. The van der Waals surface area contributed by atoms with Gasteiger partial charge >= 0.3 is 0 Å². The van der Waals surface area contributed by atoms with Crippen molar-refractivity contribution in [2.45, 2.75) is 32.6 Å². The van der Waals surface area contributed by atoms with Crippen LogP contribution >= 0.6 is 0 Å². The van der Waals surface area contributed by atoms with Crippen molar-refractivity contribution in [3.63, 3.8) is 0 Å². The summed E-state index contributed by atoms with van der Waals surface area (Å²) in [6.45, 7) is 7.40. The number of carbonyl (C=O) groups excluding carboxylic acids is 1. The van der Waals surface area contributed by atoms with Gasteiger partial charge in [-0.2, -0.15) is 0 Å². The van der Waals surface area contributed by atoms with Crippen LogP contribution in [-0.4, -0.2) is 19.0 Å². The van der Waals surface area contributed by atoms with Crippen molar-refractivity contribution in [3.05, 3.63) is 35.4 Å². The van der Waals surface area contributed by atoms with E-state index in [4.69, 9.17) is 5.73 Å². The second kappa shape index (κ2) is 5.82. The molecule has 94 valence electrons. The van der Waals surface area contributed by atoms with Gasteiger partial charge in [0.15, 0.2) is 0 Å². The Morgan fingerprint density at radius 2 is 2.00 bits per heavy atom. The minimum absolute atomic E-state index is 0.0224. The summed E-state index contributed by atoms with van der Waals surface area (Å²) >= 11 is 0. The van der Waals surface area contributed by atoms with E-state index < -0.39 is 0 Å². The molecule has 1 amide bonds. The van der Waals surface area contributed by atoms with Crippen molar-refractivity contribution in [3.8, 4) is 0 Å². The highest BCUT2D eigenvalue weighted by molar-refractivity contribution is 5.76. The summed E-state index contributed by atoms with van der Waals surface area (Å²) in [6.07, 6.45) is 0.393. The van der Waals surface area contributed by atoms with Crippen LogP contribution in [0.4, 0.5) is 0 Å². The van der Waals surface area contributed by atoms with Gasteiger partial charge in [0.2, 0.25) is 5.91 Å². The van der Waals surface area contributed by atoms with Crippen molar-refractivity contribution in [2.24, 2.45) is 5.73 Å². The molecule has 0 saturated heterocycles. The van der Waals surface area contributed by atoms with Crippen LogP contribution in [0.5, 0.6) is 0 Å². The lowest BCUT2D eigenvalue weighted by Gasteiger charge is -2.27. The smallest absolute Gasteiger partial charge is 0.221 e. The largest absolute Gasteiger partial charge is 0.355 e. The monoisotopic (exact) mass is 234 g/mol. The van der Waals surface area contributed by atoms with E-state index in [1.54, 1.807) is 0 Å². The molecule has 3 N–H and O–H groups in total. The normalized spacial score (nSPS) is 11.3. The fraction of sp³-hybridized carbons (Fsp3) is 0.500. The molecule has 1 rings (SSSR count). The van der Waals surface area contributed by atoms with E-state index in [-0.39, 0.29) is 11.3 Å². The van der Waals surface area contributed by atoms with Crippen LogP contribution in [-0.2, 0) is 10.2 Å². The number of nitrogens with two attached hydrogens (primary N) is 1. The third-order valence-corrected chi connectivity index (χ3v) is 2.97. The molecule has 3 nitrogen and oxygen atoms in total. The minimum Gasteiger partial charge on any atom is -0.355 e. The fourth-order valence-electron chi connectivity index (χ4n) is 1.97. The quantitative estimate of drug-likeness (QED) is 0.815. The molecule has 0 radical (unpaired) electrons.